The van der Waals surface area contributed by atoms with E-state index in [4.69, 9.17) is 15.8 Å². The van der Waals surface area contributed by atoms with E-state index < -0.39 is 30.2 Å². The summed E-state index contributed by atoms with van der Waals surface area (Å²) in [7, 11) is 0.469. The number of hydrogen-bond donors (Lipinski definition) is 3. The summed E-state index contributed by atoms with van der Waals surface area (Å²) < 4.78 is 51.6. The maximum Gasteiger partial charge on any atom is 0.451 e. The highest BCUT2D eigenvalue weighted by Crippen LogP contribution is 2.32. The molecule has 0 aliphatic carbocycles. The summed E-state index contributed by atoms with van der Waals surface area (Å²) in [5.74, 6) is -1.27. The molecule has 0 fully saturated rings. The average Bonchev–Trinajstić information content (AvgIpc) is 2.50. The second-order valence-corrected chi connectivity index (χ2v) is 7.18. The van der Waals surface area contributed by atoms with Crippen molar-refractivity contribution in [2.75, 3.05) is 13.6 Å². The Morgan fingerprint density at radius 2 is 1.81 bits per heavy atom. The zero-order chi connectivity index (χ0) is 20.0. The van der Waals surface area contributed by atoms with Crippen molar-refractivity contribution in [1.29, 1.82) is 0 Å². The second-order valence-electron chi connectivity index (χ2n) is 7.18. The Balaban J connectivity index is 2.50. The molecule has 1 unspecified atom stereocenters. The molecule has 1 aromatic rings. The molecule has 4 N–H and O–H groups in total. The van der Waals surface area contributed by atoms with Crippen molar-refractivity contribution in [3.63, 3.8) is 0 Å². The molecule has 0 amide bonds. The van der Waals surface area contributed by atoms with Gasteiger partial charge in [-0.2, -0.15) is 13.2 Å². The number of nitrogens with two attached hydrogens (primary N) is 1. The Labute approximate surface area is 152 Å². The van der Waals surface area contributed by atoms with E-state index in [1.165, 1.54) is 6.07 Å². The van der Waals surface area contributed by atoms with Crippen LogP contribution >= 0.6 is 0 Å². The molecule has 0 aromatic heterocycles. The fourth-order valence-corrected chi connectivity index (χ4v) is 2.71. The molecule has 0 aliphatic heterocycles. The fourth-order valence-electron chi connectivity index (χ4n) is 2.71. The Bertz CT molecular complexity index is 568. The first-order valence-corrected chi connectivity index (χ1v) is 8.60. The lowest BCUT2D eigenvalue weighted by molar-refractivity contribution is -0.140. The van der Waals surface area contributed by atoms with Gasteiger partial charge in [0.25, 0.3) is 0 Å². The lowest BCUT2D eigenvalue weighted by Gasteiger charge is -2.28. The first-order chi connectivity index (χ1) is 11.9. The number of benzene rings is 1. The van der Waals surface area contributed by atoms with Crippen molar-refractivity contribution >= 4 is 7.12 Å². The first kappa shape index (κ1) is 22.9. The highest BCUT2D eigenvalue weighted by atomic mass is 19.4. The van der Waals surface area contributed by atoms with Gasteiger partial charge in [0, 0.05) is 12.1 Å². The Hall–Kier alpha value is -1.16. The predicted octanol–water partition coefficient (Wildman–Crippen LogP) is 3.03. The third-order valence-corrected chi connectivity index (χ3v) is 4.31. The standard InChI is InChI=1S/C17H27BF4N2O2/c1-16(23,7-3-4-9-18(25)26)8-10-24(2)12-13-5-6-15(19)14(11-13)17(20,21)22/h5-6,11,25-26H,3-4,7-10,12,23H2,1-2H3. The van der Waals surface area contributed by atoms with Gasteiger partial charge in [-0.05, 0) is 57.4 Å². The van der Waals surface area contributed by atoms with Crippen molar-refractivity contribution in [2.24, 2.45) is 5.73 Å². The molecule has 0 spiro atoms. The second kappa shape index (κ2) is 9.69. The molecule has 0 saturated heterocycles. The number of halogens is 4. The van der Waals surface area contributed by atoms with Gasteiger partial charge in [-0.25, -0.2) is 4.39 Å². The van der Waals surface area contributed by atoms with Crippen LogP contribution < -0.4 is 5.73 Å². The molecule has 26 heavy (non-hydrogen) atoms. The minimum absolute atomic E-state index is 0.260. The summed E-state index contributed by atoms with van der Waals surface area (Å²) in [5, 5.41) is 17.6. The van der Waals surface area contributed by atoms with Crippen LogP contribution in [0.1, 0.15) is 43.7 Å². The summed E-state index contributed by atoms with van der Waals surface area (Å²) in [6.45, 7) is 2.74. The van der Waals surface area contributed by atoms with Crippen LogP contribution in [0.15, 0.2) is 18.2 Å². The summed E-state index contributed by atoms with van der Waals surface area (Å²) >= 11 is 0. The minimum Gasteiger partial charge on any atom is -0.427 e. The van der Waals surface area contributed by atoms with E-state index in [2.05, 4.69) is 0 Å². The molecule has 0 heterocycles. The molecule has 148 valence electrons. The molecule has 0 aliphatic rings. The van der Waals surface area contributed by atoms with Gasteiger partial charge in [0.1, 0.15) is 5.82 Å². The summed E-state index contributed by atoms with van der Waals surface area (Å²) in [5.41, 5.74) is 4.91. The number of unbranched alkanes of at least 4 members (excludes halogenated alkanes) is 1. The van der Waals surface area contributed by atoms with Gasteiger partial charge in [-0.15, -0.1) is 0 Å². The van der Waals surface area contributed by atoms with Gasteiger partial charge in [0.15, 0.2) is 0 Å². The Morgan fingerprint density at radius 3 is 2.38 bits per heavy atom. The molecule has 0 bridgehead atoms. The molecule has 1 aromatic carbocycles. The normalized spacial score (nSPS) is 14.5. The molecule has 1 rings (SSSR count). The topological polar surface area (TPSA) is 69.7 Å². The quantitative estimate of drug-likeness (QED) is 0.333. The fraction of sp³-hybridized carbons (Fsp3) is 0.647. The van der Waals surface area contributed by atoms with Crippen molar-refractivity contribution in [3.8, 4) is 0 Å². The van der Waals surface area contributed by atoms with E-state index in [0.29, 0.717) is 37.7 Å². The molecule has 9 heteroatoms. The van der Waals surface area contributed by atoms with Crippen LogP contribution in [0, 0.1) is 5.82 Å². The molecule has 4 nitrogen and oxygen atoms in total. The van der Waals surface area contributed by atoms with Crippen molar-refractivity contribution in [2.45, 2.75) is 57.2 Å². The predicted molar refractivity (Wildman–Crippen MR) is 93.8 cm³/mol. The monoisotopic (exact) mass is 378 g/mol. The van der Waals surface area contributed by atoms with E-state index in [-0.39, 0.29) is 6.54 Å². The van der Waals surface area contributed by atoms with Crippen LogP contribution in [0.2, 0.25) is 6.32 Å². The molecular formula is C17H27BF4N2O2. The smallest absolute Gasteiger partial charge is 0.427 e. The third kappa shape index (κ3) is 8.48. The van der Waals surface area contributed by atoms with Crippen molar-refractivity contribution in [1.82, 2.24) is 4.90 Å². The van der Waals surface area contributed by atoms with E-state index in [9.17, 15) is 17.6 Å². The van der Waals surface area contributed by atoms with Crippen LogP contribution in [0.25, 0.3) is 0 Å². The Morgan fingerprint density at radius 1 is 1.15 bits per heavy atom. The van der Waals surface area contributed by atoms with E-state index in [1.807, 2.05) is 11.8 Å². The molecule has 1 atom stereocenters. The number of nitrogens with zero attached hydrogens (tertiary/aromatic N) is 1. The molecule has 0 radical (unpaired) electrons. The maximum atomic E-state index is 13.3. The molecule has 0 saturated carbocycles. The van der Waals surface area contributed by atoms with Gasteiger partial charge in [0.05, 0.1) is 5.56 Å². The van der Waals surface area contributed by atoms with Crippen LogP contribution in [-0.2, 0) is 12.7 Å². The van der Waals surface area contributed by atoms with Gasteiger partial charge >= 0.3 is 13.3 Å². The Kier molecular flexibility index (Phi) is 8.53. The maximum absolute atomic E-state index is 13.3. The summed E-state index contributed by atoms with van der Waals surface area (Å²) in [4.78, 5) is 1.84. The molecular weight excluding hydrogens is 351 g/mol. The minimum atomic E-state index is -4.71. The van der Waals surface area contributed by atoms with Crippen LogP contribution in [0.3, 0.4) is 0 Å². The number of rotatable bonds is 10. The number of alkyl halides is 3. The van der Waals surface area contributed by atoms with Gasteiger partial charge in [0.2, 0.25) is 0 Å². The highest BCUT2D eigenvalue weighted by Gasteiger charge is 2.34. The lowest BCUT2D eigenvalue weighted by Crippen LogP contribution is -2.39. The van der Waals surface area contributed by atoms with Gasteiger partial charge in [-0.1, -0.05) is 18.9 Å². The van der Waals surface area contributed by atoms with Crippen molar-refractivity contribution < 1.29 is 27.6 Å². The third-order valence-electron chi connectivity index (χ3n) is 4.31. The van der Waals surface area contributed by atoms with Gasteiger partial charge in [-0.3, -0.25) is 0 Å². The highest BCUT2D eigenvalue weighted by molar-refractivity contribution is 6.40. The van der Waals surface area contributed by atoms with Gasteiger partial charge < -0.3 is 20.7 Å². The zero-order valence-electron chi connectivity index (χ0n) is 15.2. The summed E-state index contributed by atoms with van der Waals surface area (Å²) in [6, 6.07) is 3.03. The van der Waals surface area contributed by atoms with Crippen molar-refractivity contribution in [3.05, 3.63) is 35.1 Å². The zero-order valence-corrected chi connectivity index (χ0v) is 15.2. The summed E-state index contributed by atoms with van der Waals surface area (Å²) in [6.07, 6.45) is -1.63. The van der Waals surface area contributed by atoms with E-state index in [1.54, 1.807) is 7.05 Å². The lowest BCUT2D eigenvalue weighted by atomic mass is 9.82. The van der Waals surface area contributed by atoms with Crippen LogP contribution in [-0.4, -0.2) is 41.2 Å². The first-order valence-electron chi connectivity index (χ1n) is 8.60. The average molecular weight is 378 g/mol. The van der Waals surface area contributed by atoms with Crippen LogP contribution in [0.4, 0.5) is 17.6 Å². The van der Waals surface area contributed by atoms with E-state index >= 15 is 0 Å². The van der Waals surface area contributed by atoms with E-state index in [0.717, 1.165) is 18.6 Å². The van der Waals surface area contributed by atoms with Crippen LogP contribution in [0.5, 0.6) is 0 Å². The largest absolute Gasteiger partial charge is 0.451 e. The number of hydrogen-bond acceptors (Lipinski definition) is 4. The SMILES string of the molecule is CN(CCC(C)(N)CCCCB(O)O)Cc1ccc(F)c(C(F)(F)F)c1.